The number of aldehydes is 1. The SMILES string of the molecule is CC.CC.CC.CCC(=O)NC.CCC=O.Cc1ccc(NSc2ccc(C(=O)NC(C)(C)CC(C)C)cc2[N+](=O)[O-])cc1. The zero-order valence-electron chi connectivity index (χ0n) is 29.7. The van der Waals surface area contributed by atoms with Crippen LogP contribution in [-0.2, 0) is 9.59 Å². The van der Waals surface area contributed by atoms with Gasteiger partial charge >= 0.3 is 0 Å². The third-order valence-corrected chi connectivity index (χ3v) is 5.79. The Bertz CT molecular complexity index is 1040. The average molecular weight is 637 g/mol. The topological polar surface area (TPSA) is 130 Å². The van der Waals surface area contributed by atoms with Gasteiger partial charge in [-0.3, -0.25) is 19.7 Å². The predicted molar refractivity (Wildman–Crippen MR) is 190 cm³/mol. The summed E-state index contributed by atoms with van der Waals surface area (Å²) in [7, 11) is 1.63. The van der Waals surface area contributed by atoms with Gasteiger partial charge < -0.3 is 20.2 Å². The lowest BCUT2D eigenvalue weighted by atomic mass is 9.92. The molecule has 0 aromatic heterocycles. The molecule has 0 unspecified atom stereocenters. The summed E-state index contributed by atoms with van der Waals surface area (Å²) in [6.45, 7) is 25.7. The van der Waals surface area contributed by atoms with Crippen LogP contribution in [-0.4, -0.2) is 35.6 Å². The number of hydrogen-bond acceptors (Lipinski definition) is 7. The van der Waals surface area contributed by atoms with Gasteiger partial charge in [0.15, 0.2) is 0 Å². The van der Waals surface area contributed by atoms with Gasteiger partial charge in [0, 0.05) is 42.7 Å². The molecule has 0 heterocycles. The molecule has 0 fully saturated rings. The molecular weight excluding hydrogens is 576 g/mol. The molecule has 0 spiro atoms. The summed E-state index contributed by atoms with van der Waals surface area (Å²) < 4.78 is 3.10. The van der Waals surface area contributed by atoms with Crippen molar-refractivity contribution in [1.82, 2.24) is 10.6 Å². The minimum atomic E-state index is -0.463. The maximum absolute atomic E-state index is 12.6. The van der Waals surface area contributed by atoms with Gasteiger partial charge in [-0.1, -0.05) is 86.9 Å². The highest BCUT2D eigenvalue weighted by Crippen LogP contribution is 2.31. The van der Waals surface area contributed by atoms with Crippen LogP contribution in [0.5, 0.6) is 0 Å². The molecule has 0 bridgehead atoms. The van der Waals surface area contributed by atoms with E-state index in [0.717, 1.165) is 35.9 Å². The van der Waals surface area contributed by atoms with Crippen molar-refractivity contribution in [2.75, 3.05) is 11.8 Å². The van der Waals surface area contributed by atoms with Gasteiger partial charge in [-0.15, -0.1) is 0 Å². The molecule has 2 aromatic carbocycles. The van der Waals surface area contributed by atoms with E-state index >= 15 is 0 Å². The monoisotopic (exact) mass is 636 g/mol. The summed E-state index contributed by atoms with van der Waals surface area (Å²) in [4.78, 5) is 43.3. The van der Waals surface area contributed by atoms with E-state index in [1.54, 1.807) is 19.2 Å². The van der Waals surface area contributed by atoms with Crippen LogP contribution in [0.15, 0.2) is 47.4 Å². The number of aryl methyl sites for hydroxylation is 1. The van der Waals surface area contributed by atoms with E-state index in [1.807, 2.05) is 100 Å². The largest absolute Gasteiger partial charge is 0.359 e. The molecular formula is C34H60N4O5S. The normalized spacial score (nSPS) is 9.25. The smallest absolute Gasteiger partial charge is 0.285 e. The first-order chi connectivity index (χ1) is 20.8. The molecule has 252 valence electrons. The number of anilines is 1. The first-order valence-corrected chi connectivity index (χ1v) is 16.4. The van der Waals surface area contributed by atoms with Crippen molar-refractivity contribution < 1.29 is 19.3 Å². The van der Waals surface area contributed by atoms with Crippen molar-refractivity contribution >= 4 is 41.4 Å². The second kappa shape index (κ2) is 29.7. The number of nitrogens with zero attached hydrogens (tertiary/aromatic N) is 1. The van der Waals surface area contributed by atoms with Crippen molar-refractivity contribution in [1.29, 1.82) is 0 Å². The summed E-state index contributed by atoms with van der Waals surface area (Å²) >= 11 is 1.15. The van der Waals surface area contributed by atoms with Crippen LogP contribution >= 0.6 is 11.9 Å². The fraction of sp³-hybridized carbons (Fsp3) is 0.559. The molecule has 3 N–H and O–H groups in total. The molecule has 0 aliphatic carbocycles. The Hall–Kier alpha value is -3.40. The van der Waals surface area contributed by atoms with E-state index in [0.29, 0.717) is 23.7 Å². The number of carbonyl (C=O) groups is 3. The lowest BCUT2D eigenvalue weighted by Crippen LogP contribution is -2.44. The average Bonchev–Trinajstić information content (AvgIpc) is 3.02. The van der Waals surface area contributed by atoms with Crippen molar-refractivity contribution in [2.45, 2.75) is 120 Å². The molecule has 2 amide bonds. The van der Waals surface area contributed by atoms with Gasteiger partial charge in [-0.2, -0.15) is 0 Å². The fourth-order valence-electron chi connectivity index (χ4n) is 3.25. The Balaban J connectivity index is -0.000000418. The molecule has 0 saturated heterocycles. The minimum absolute atomic E-state index is 0.0926. The maximum atomic E-state index is 12.6. The molecule has 0 atom stereocenters. The van der Waals surface area contributed by atoms with Crippen LogP contribution in [0.25, 0.3) is 0 Å². The third kappa shape index (κ3) is 24.1. The zero-order valence-corrected chi connectivity index (χ0v) is 30.5. The number of nitrogens with one attached hydrogen (secondary N) is 3. The van der Waals surface area contributed by atoms with E-state index in [2.05, 4.69) is 29.2 Å². The number of hydrogen-bond donors (Lipinski definition) is 3. The second-order valence-corrected chi connectivity index (χ2v) is 10.4. The van der Waals surface area contributed by atoms with Gasteiger partial charge in [0.25, 0.3) is 11.6 Å². The molecule has 10 heteroatoms. The Labute approximate surface area is 272 Å². The Morgan fingerprint density at radius 2 is 1.48 bits per heavy atom. The van der Waals surface area contributed by atoms with E-state index in [1.165, 1.54) is 6.07 Å². The lowest BCUT2D eigenvalue weighted by molar-refractivity contribution is -0.387. The summed E-state index contributed by atoms with van der Waals surface area (Å²) in [6, 6.07) is 12.3. The first-order valence-electron chi connectivity index (χ1n) is 15.5. The molecule has 2 aromatic rings. The highest BCUT2D eigenvalue weighted by Gasteiger charge is 2.24. The number of nitro groups is 1. The molecule has 44 heavy (non-hydrogen) atoms. The van der Waals surface area contributed by atoms with E-state index in [-0.39, 0.29) is 28.6 Å². The molecule has 0 aliphatic heterocycles. The third-order valence-electron chi connectivity index (χ3n) is 4.89. The standard InChI is InChI=1S/C21H27N3O3S.C4H9NO.C3H6O.3C2H6/c1-14(2)13-21(4,5)22-20(25)16-8-11-19(18(12-16)24(26)27)28-23-17-9-6-15(3)7-10-17;1-3-4(6)5-2;1-2-3-4;3*1-2/h6-12,14,23H,13H2,1-5H3,(H,22,25);3H2,1-2H3,(H,5,6);3H,2H2,1H3;3*1-2H3. The Morgan fingerprint density at radius 3 is 1.84 bits per heavy atom. The Kier molecular flexibility index (Phi) is 32.0. The van der Waals surface area contributed by atoms with Gasteiger partial charge in [0.1, 0.15) is 11.2 Å². The van der Waals surface area contributed by atoms with E-state index in [4.69, 9.17) is 0 Å². The number of amides is 2. The second-order valence-electron chi connectivity index (χ2n) is 9.55. The molecule has 9 nitrogen and oxygen atoms in total. The zero-order chi connectivity index (χ0) is 35.3. The minimum Gasteiger partial charge on any atom is -0.359 e. The van der Waals surface area contributed by atoms with Crippen LogP contribution in [0.3, 0.4) is 0 Å². The van der Waals surface area contributed by atoms with Crippen LogP contribution in [0.4, 0.5) is 11.4 Å². The maximum Gasteiger partial charge on any atom is 0.285 e. The highest BCUT2D eigenvalue weighted by atomic mass is 32.2. The molecule has 0 aliphatic rings. The predicted octanol–water partition coefficient (Wildman–Crippen LogP) is 9.39. The van der Waals surface area contributed by atoms with Crippen molar-refractivity contribution in [3.05, 3.63) is 63.7 Å². The molecule has 0 radical (unpaired) electrons. The van der Waals surface area contributed by atoms with E-state index < -0.39 is 4.92 Å². The highest BCUT2D eigenvalue weighted by molar-refractivity contribution is 8.00. The summed E-state index contributed by atoms with van der Waals surface area (Å²) in [5.41, 5.74) is 1.78. The number of carbonyl (C=O) groups excluding carboxylic acids is 3. The van der Waals surface area contributed by atoms with Crippen molar-refractivity contribution in [3.8, 4) is 0 Å². The van der Waals surface area contributed by atoms with Crippen LogP contribution in [0.1, 0.15) is 118 Å². The van der Waals surface area contributed by atoms with Crippen LogP contribution in [0, 0.1) is 23.0 Å². The number of benzene rings is 2. The summed E-state index contributed by atoms with van der Waals surface area (Å²) in [5.74, 6) is 0.211. The van der Waals surface area contributed by atoms with Crippen LogP contribution in [0.2, 0.25) is 0 Å². The molecule has 2 rings (SSSR count). The molecule has 0 saturated carbocycles. The van der Waals surface area contributed by atoms with Gasteiger partial charge in [-0.05, 0) is 69.3 Å². The lowest BCUT2D eigenvalue weighted by Gasteiger charge is -2.28. The number of nitro benzene ring substituents is 1. The van der Waals surface area contributed by atoms with Gasteiger partial charge in [0.2, 0.25) is 5.91 Å². The fourth-order valence-corrected chi connectivity index (χ4v) is 3.99. The van der Waals surface area contributed by atoms with Crippen molar-refractivity contribution in [3.63, 3.8) is 0 Å². The quantitative estimate of drug-likeness (QED) is 0.102. The van der Waals surface area contributed by atoms with Gasteiger partial charge in [0.05, 0.1) is 4.92 Å². The number of rotatable bonds is 10. The summed E-state index contributed by atoms with van der Waals surface area (Å²) in [6.07, 6.45) is 2.91. The Morgan fingerprint density at radius 1 is 0.977 bits per heavy atom. The summed E-state index contributed by atoms with van der Waals surface area (Å²) in [5, 5.41) is 17.0. The van der Waals surface area contributed by atoms with Crippen LogP contribution < -0.4 is 15.4 Å². The van der Waals surface area contributed by atoms with E-state index in [9.17, 15) is 24.5 Å². The van der Waals surface area contributed by atoms with Gasteiger partial charge in [-0.25, -0.2) is 0 Å². The first kappa shape index (κ1) is 47.5. The van der Waals surface area contributed by atoms with Crippen molar-refractivity contribution in [2.24, 2.45) is 5.92 Å².